The van der Waals surface area contributed by atoms with Gasteiger partial charge in [-0.3, -0.25) is 4.79 Å². The Bertz CT molecular complexity index is 853. The van der Waals surface area contributed by atoms with Gasteiger partial charge in [-0.1, -0.05) is 31.9 Å². The molecule has 1 aliphatic carbocycles. The fourth-order valence-corrected chi connectivity index (χ4v) is 3.65. The number of carbonyl (C=O) groups is 1. The smallest absolute Gasteiger partial charge is 0.416 e. The van der Waals surface area contributed by atoms with Crippen molar-refractivity contribution >= 4 is 5.97 Å². The summed E-state index contributed by atoms with van der Waals surface area (Å²) in [7, 11) is 1.38. The highest BCUT2D eigenvalue weighted by Gasteiger charge is 2.47. The van der Waals surface area contributed by atoms with Gasteiger partial charge in [-0.05, 0) is 66.3 Å². The van der Waals surface area contributed by atoms with Gasteiger partial charge in [-0.25, -0.2) is 0 Å². The Kier molecular flexibility index (Phi) is 6.20. The molecule has 1 aliphatic rings. The third-order valence-electron chi connectivity index (χ3n) is 5.55. The highest BCUT2D eigenvalue weighted by atomic mass is 19.4. The summed E-state index contributed by atoms with van der Waals surface area (Å²) in [5.74, 6) is 0.328. The lowest BCUT2D eigenvalue weighted by Crippen LogP contribution is -2.43. The molecule has 0 heterocycles. The fraction of sp³-hybridized carbons (Fsp3) is 0.435. The number of halogens is 3. The van der Waals surface area contributed by atoms with Crippen molar-refractivity contribution < 1.29 is 27.4 Å². The van der Waals surface area contributed by atoms with Gasteiger partial charge in [0, 0.05) is 0 Å². The zero-order chi connectivity index (χ0) is 21.1. The van der Waals surface area contributed by atoms with Crippen molar-refractivity contribution in [1.82, 2.24) is 0 Å². The van der Waals surface area contributed by atoms with Crippen LogP contribution in [0.4, 0.5) is 13.2 Å². The third-order valence-corrected chi connectivity index (χ3v) is 5.55. The average Bonchev–Trinajstić information content (AvgIpc) is 2.66. The van der Waals surface area contributed by atoms with Gasteiger partial charge in [0.15, 0.2) is 0 Å². The quantitative estimate of drug-likeness (QED) is 0.409. The first kappa shape index (κ1) is 21.2. The molecule has 0 amide bonds. The van der Waals surface area contributed by atoms with Crippen molar-refractivity contribution in [2.45, 2.75) is 50.6 Å². The number of ether oxygens (including phenoxy) is 2. The Balaban J connectivity index is 2.02. The van der Waals surface area contributed by atoms with Gasteiger partial charge in [0.05, 0.1) is 24.7 Å². The molecule has 2 aromatic carbocycles. The molecule has 0 aliphatic heterocycles. The first-order chi connectivity index (χ1) is 13.8. The van der Waals surface area contributed by atoms with Crippen molar-refractivity contribution in [3.8, 4) is 16.9 Å². The van der Waals surface area contributed by atoms with E-state index in [1.165, 1.54) is 19.2 Å². The van der Waals surface area contributed by atoms with E-state index in [4.69, 9.17) is 9.47 Å². The molecule has 0 atom stereocenters. The van der Waals surface area contributed by atoms with Crippen LogP contribution < -0.4 is 4.74 Å². The van der Waals surface area contributed by atoms with E-state index in [-0.39, 0.29) is 5.97 Å². The van der Waals surface area contributed by atoms with Crippen molar-refractivity contribution in [3.05, 3.63) is 53.6 Å². The second-order valence-electron chi connectivity index (χ2n) is 7.45. The summed E-state index contributed by atoms with van der Waals surface area (Å²) in [6.07, 6.45) is -0.212. The number of carbonyl (C=O) groups excluding carboxylic acids is 1. The van der Waals surface area contributed by atoms with E-state index in [0.29, 0.717) is 30.8 Å². The molecule has 0 aromatic heterocycles. The van der Waals surface area contributed by atoms with Crippen LogP contribution in [0.5, 0.6) is 5.75 Å². The highest BCUT2D eigenvalue weighted by Crippen LogP contribution is 2.47. The predicted octanol–water partition coefficient (Wildman–Crippen LogP) is 6.15. The molecule has 29 heavy (non-hydrogen) atoms. The van der Waals surface area contributed by atoms with Crippen LogP contribution in [-0.2, 0) is 21.1 Å². The Morgan fingerprint density at radius 1 is 1.07 bits per heavy atom. The third kappa shape index (κ3) is 4.41. The molecule has 3 nitrogen and oxygen atoms in total. The molecular formula is C23H25F3O3. The van der Waals surface area contributed by atoms with Crippen LogP contribution in [0.15, 0.2) is 42.5 Å². The van der Waals surface area contributed by atoms with Crippen molar-refractivity contribution in [1.29, 1.82) is 0 Å². The van der Waals surface area contributed by atoms with Crippen LogP contribution in [0.25, 0.3) is 11.1 Å². The van der Waals surface area contributed by atoms with Gasteiger partial charge >= 0.3 is 12.1 Å². The van der Waals surface area contributed by atoms with Crippen molar-refractivity contribution in [2.24, 2.45) is 0 Å². The maximum absolute atomic E-state index is 12.9. The number of hydrogen-bond acceptors (Lipinski definition) is 3. The molecule has 0 radical (unpaired) electrons. The first-order valence-electron chi connectivity index (χ1n) is 9.84. The van der Waals surface area contributed by atoms with E-state index in [1.807, 2.05) is 18.2 Å². The minimum Gasteiger partial charge on any atom is -0.494 e. The van der Waals surface area contributed by atoms with E-state index in [0.717, 1.165) is 42.5 Å². The van der Waals surface area contributed by atoms with Crippen LogP contribution in [0.1, 0.15) is 50.2 Å². The van der Waals surface area contributed by atoms with Crippen LogP contribution in [0, 0.1) is 0 Å². The second kappa shape index (κ2) is 8.47. The molecule has 156 valence electrons. The lowest BCUT2D eigenvalue weighted by molar-refractivity contribution is -0.151. The fourth-order valence-electron chi connectivity index (χ4n) is 3.65. The lowest BCUT2D eigenvalue weighted by atomic mass is 9.64. The maximum Gasteiger partial charge on any atom is 0.416 e. The summed E-state index contributed by atoms with van der Waals surface area (Å²) in [4.78, 5) is 12.5. The van der Waals surface area contributed by atoms with Crippen LogP contribution in [0.2, 0.25) is 0 Å². The van der Waals surface area contributed by atoms with Gasteiger partial charge < -0.3 is 9.47 Å². The second-order valence-corrected chi connectivity index (χ2v) is 7.45. The Morgan fingerprint density at radius 2 is 1.76 bits per heavy atom. The molecule has 0 bridgehead atoms. The number of alkyl halides is 3. The normalized spacial score (nSPS) is 15.5. The van der Waals surface area contributed by atoms with Crippen LogP contribution in [-0.4, -0.2) is 19.7 Å². The highest BCUT2D eigenvalue weighted by molar-refractivity contribution is 5.85. The summed E-state index contributed by atoms with van der Waals surface area (Å²) in [5, 5.41) is 0. The average molecular weight is 406 g/mol. The van der Waals surface area contributed by atoms with E-state index >= 15 is 0 Å². The standard InChI is InChI=1S/C23H25F3O3/c1-3-4-12-29-20-14-17(16-6-8-18(9-7-16)23(24,25)26)13-19(15-20)22(10-5-11-22)21(27)28-2/h6-9,13-15H,3-5,10-12H2,1-2H3. The topological polar surface area (TPSA) is 35.5 Å². The molecule has 3 rings (SSSR count). The van der Waals surface area contributed by atoms with Gasteiger partial charge in [0.25, 0.3) is 0 Å². The molecule has 1 fully saturated rings. The van der Waals surface area contributed by atoms with Gasteiger partial charge in [-0.2, -0.15) is 13.2 Å². The molecule has 6 heteroatoms. The molecule has 1 saturated carbocycles. The molecular weight excluding hydrogens is 381 g/mol. The lowest BCUT2D eigenvalue weighted by Gasteiger charge is -2.39. The number of esters is 1. The SMILES string of the molecule is CCCCOc1cc(-c2ccc(C(F)(F)F)cc2)cc(C2(C(=O)OC)CCC2)c1. The Morgan fingerprint density at radius 3 is 2.28 bits per heavy atom. The zero-order valence-electron chi connectivity index (χ0n) is 16.6. The Labute approximate surface area is 168 Å². The minimum atomic E-state index is -4.38. The van der Waals surface area contributed by atoms with Crippen LogP contribution in [0.3, 0.4) is 0 Å². The number of methoxy groups -OCH3 is 1. The summed E-state index contributed by atoms with van der Waals surface area (Å²) >= 11 is 0. The molecule has 0 N–H and O–H groups in total. The van der Waals surface area contributed by atoms with Crippen molar-refractivity contribution in [2.75, 3.05) is 13.7 Å². The Hall–Kier alpha value is -2.50. The van der Waals surface area contributed by atoms with E-state index < -0.39 is 17.2 Å². The zero-order valence-corrected chi connectivity index (χ0v) is 16.6. The number of hydrogen-bond donors (Lipinski definition) is 0. The van der Waals surface area contributed by atoms with E-state index in [9.17, 15) is 18.0 Å². The van der Waals surface area contributed by atoms with Gasteiger partial charge in [-0.15, -0.1) is 0 Å². The largest absolute Gasteiger partial charge is 0.494 e. The summed E-state index contributed by atoms with van der Waals surface area (Å²) in [6.45, 7) is 2.60. The predicted molar refractivity (Wildman–Crippen MR) is 105 cm³/mol. The monoisotopic (exact) mass is 406 g/mol. The molecule has 0 saturated heterocycles. The summed E-state index contributed by atoms with van der Waals surface area (Å²) in [5.41, 5.74) is 0.748. The first-order valence-corrected chi connectivity index (χ1v) is 9.84. The van der Waals surface area contributed by atoms with Gasteiger partial charge in [0.2, 0.25) is 0 Å². The minimum absolute atomic E-state index is 0.284. The number of benzene rings is 2. The number of unbranched alkanes of at least 4 members (excludes halogenated alkanes) is 1. The number of rotatable bonds is 7. The molecule has 0 unspecified atom stereocenters. The molecule has 0 spiro atoms. The van der Waals surface area contributed by atoms with Gasteiger partial charge in [0.1, 0.15) is 5.75 Å². The maximum atomic E-state index is 12.9. The molecule has 2 aromatic rings. The van der Waals surface area contributed by atoms with Crippen LogP contribution >= 0.6 is 0 Å². The van der Waals surface area contributed by atoms with Crippen molar-refractivity contribution in [3.63, 3.8) is 0 Å². The summed E-state index contributed by atoms with van der Waals surface area (Å²) < 4.78 is 49.6. The van der Waals surface area contributed by atoms with E-state index in [1.54, 1.807) is 0 Å². The van der Waals surface area contributed by atoms with E-state index in [2.05, 4.69) is 6.92 Å². The summed E-state index contributed by atoms with van der Waals surface area (Å²) in [6, 6.07) is 10.6.